The molecule has 0 aliphatic carbocycles. The summed E-state index contributed by atoms with van der Waals surface area (Å²) in [4.78, 5) is 16.2. The van der Waals surface area contributed by atoms with Crippen LogP contribution in [0.4, 0.5) is 0 Å². The van der Waals surface area contributed by atoms with Gasteiger partial charge >= 0.3 is 5.97 Å². The monoisotopic (exact) mass is 292 g/mol. The molecular formula is C17H28N2O2. The van der Waals surface area contributed by atoms with Crippen molar-refractivity contribution in [2.24, 2.45) is 0 Å². The summed E-state index contributed by atoms with van der Waals surface area (Å²) in [6, 6.07) is 8.14. The Morgan fingerprint density at radius 3 is 2.33 bits per heavy atom. The third-order valence-electron chi connectivity index (χ3n) is 3.48. The van der Waals surface area contributed by atoms with Gasteiger partial charge in [0.2, 0.25) is 0 Å². The molecule has 0 saturated carbocycles. The minimum absolute atomic E-state index is 0.183. The zero-order chi connectivity index (χ0) is 15.7. The highest BCUT2D eigenvalue weighted by atomic mass is 16.5. The number of hydrogen-bond acceptors (Lipinski definition) is 4. The standard InChI is InChI=1S/C17H28N2O2/c1-5-10-19(12-11-18(2)3)14-16-9-7-6-8-15(16)13-17(20)21-4/h6-9H,5,10-14H2,1-4H3. The van der Waals surface area contributed by atoms with Gasteiger partial charge in [-0.25, -0.2) is 0 Å². The Hall–Kier alpha value is -1.39. The van der Waals surface area contributed by atoms with Crippen LogP contribution < -0.4 is 0 Å². The zero-order valence-electron chi connectivity index (χ0n) is 13.8. The van der Waals surface area contributed by atoms with E-state index in [0.29, 0.717) is 6.42 Å². The summed E-state index contributed by atoms with van der Waals surface area (Å²) in [6.07, 6.45) is 1.48. The van der Waals surface area contributed by atoms with Crippen LogP contribution in [0.5, 0.6) is 0 Å². The summed E-state index contributed by atoms with van der Waals surface area (Å²) in [5, 5.41) is 0. The molecule has 0 radical (unpaired) electrons. The van der Waals surface area contributed by atoms with E-state index < -0.39 is 0 Å². The van der Waals surface area contributed by atoms with Crippen molar-refractivity contribution in [1.82, 2.24) is 9.80 Å². The van der Waals surface area contributed by atoms with Crippen LogP contribution in [0.1, 0.15) is 24.5 Å². The van der Waals surface area contributed by atoms with Crippen molar-refractivity contribution < 1.29 is 9.53 Å². The first kappa shape index (κ1) is 17.7. The van der Waals surface area contributed by atoms with E-state index in [9.17, 15) is 4.79 Å². The van der Waals surface area contributed by atoms with Gasteiger partial charge in [0.1, 0.15) is 0 Å². The highest BCUT2D eigenvalue weighted by Crippen LogP contribution is 2.13. The van der Waals surface area contributed by atoms with Crippen molar-refractivity contribution in [3.8, 4) is 0 Å². The minimum atomic E-state index is -0.183. The first-order valence-electron chi connectivity index (χ1n) is 7.57. The Balaban J connectivity index is 2.75. The number of hydrogen-bond donors (Lipinski definition) is 0. The molecule has 0 unspecified atom stereocenters. The van der Waals surface area contributed by atoms with Gasteiger partial charge in [-0.05, 0) is 38.2 Å². The van der Waals surface area contributed by atoms with Crippen molar-refractivity contribution in [2.45, 2.75) is 26.3 Å². The van der Waals surface area contributed by atoms with Gasteiger partial charge in [-0.15, -0.1) is 0 Å². The van der Waals surface area contributed by atoms with E-state index in [0.717, 1.165) is 38.2 Å². The maximum absolute atomic E-state index is 11.5. The Labute approximate surface area is 128 Å². The molecule has 21 heavy (non-hydrogen) atoms. The van der Waals surface area contributed by atoms with Crippen molar-refractivity contribution in [1.29, 1.82) is 0 Å². The van der Waals surface area contributed by atoms with Gasteiger partial charge < -0.3 is 9.64 Å². The summed E-state index contributed by atoms with van der Waals surface area (Å²) in [6.45, 7) is 6.23. The molecule has 0 fully saturated rings. The number of benzene rings is 1. The SMILES string of the molecule is CCCN(CCN(C)C)Cc1ccccc1CC(=O)OC. The van der Waals surface area contributed by atoms with Gasteiger partial charge in [-0.3, -0.25) is 9.69 Å². The first-order valence-corrected chi connectivity index (χ1v) is 7.57. The molecule has 4 nitrogen and oxygen atoms in total. The summed E-state index contributed by atoms with van der Waals surface area (Å²) in [5.74, 6) is -0.183. The van der Waals surface area contributed by atoms with Crippen LogP contribution in [0.3, 0.4) is 0 Å². The number of nitrogens with zero attached hydrogens (tertiary/aromatic N) is 2. The van der Waals surface area contributed by atoms with Crippen molar-refractivity contribution in [3.05, 3.63) is 35.4 Å². The highest BCUT2D eigenvalue weighted by Gasteiger charge is 2.11. The molecule has 1 aromatic carbocycles. The summed E-state index contributed by atoms with van der Waals surface area (Å²) >= 11 is 0. The zero-order valence-corrected chi connectivity index (χ0v) is 13.8. The molecule has 0 atom stereocenters. The Bertz CT molecular complexity index is 433. The number of methoxy groups -OCH3 is 1. The summed E-state index contributed by atoms with van der Waals surface area (Å²) in [7, 11) is 5.62. The van der Waals surface area contributed by atoms with Crippen LogP contribution in [0.15, 0.2) is 24.3 Å². The minimum Gasteiger partial charge on any atom is -0.469 e. The van der Waals surface area contributed by atoms with E-state index in [1.165, 1.54) is 12.7 Å². The number of esters is 1. The number of rotatable bonds is 9. The van der Waals surface area contributed by atoms with Gasteiger partial charge in [0.25, 0.3) is 0 Å². The van der Waals surface area contributed by atoms with E-state index in [1.807, 2.05) is 18.2 Å². The van der Waals surface area contributed by atoms with Crippen LogP contribution >= 0.6 is 0 Å². The lowest BCUT2D eigenvalue weighted by atomic mass is 10.0. The van der Waals surface area contributed by atoms with E-state index in [1.54, 1.807) is 0 Å². The first-order chi connectivity index (χ1) is 10.1. The lowest BCUT2D eigenvalue weighted by Crippen LogP contribution is -2.32. The predicted molar refractivity (Wildman–Crippen MR) is 86.3 cm³/mol. The summed E-state index contributed by atoms with van der Waals surface area (Å²) < 4.78 is 4.78. The molecule has 1 rings (SSSR count). The molecule has 0 bridgehead atoms. The number of carbonyl (C=O) groups is 1. The molecule has 0 aliphatic heterocycles. The molecule has 0 saturated heterocycles. The molecular weight excluding hydrogens is 264 g/mol. The Morgan fingerprint density at radius 1 is 1.10 bits per heavy atom. The van der Waals surface area contributed by atoms with Gasteiger partial charge in [-0.1, -0.05) is 31.2 Å². The topological polar surface area (TPSA) is 32.8 Å². The van der Waals surface area contributed by atoms with E-state index in [2.05, 4.69) is 36.9 Å². The molecule has 1 aromatic rings. The van der Waals surface area contributed by atoms with Gasteiger partial charge in [0.15, 0.2) is 0 Å². The fourth-order valence-electron chi connectivity index (χ4n) is 2.28. The average molecular weight is 292 g/mol. The average Bonchev–Trinajstić information content (AvgIpc) is 2.46. The lowest BCUT2D eigenvalue weighted by Gasteiger charge is -2.24. The maximum atomic E-state index is 11.5. The molecule has 0 amide bonds. The molecule has 0 aliphatic rings. The molecule has 4 heteroatoms. The number of ether oxygens (including phenoxy) is 1. The molecule has 118 valence electrons. The number of carbonyl (C=O) groups excluding carboxylic acids is 1. The second-order valence-electron chi connectivity index (χ2n) is 5.60. The number of likely N-dealkylation sites (N-methyl/N-ethyl adjacent to an activating group) is 1. The molecule has 0 aromatic heterocycles. The lowest BCUT2D eigenvalue weighted by molar-refractivity contribution is -0.139. The maximum Gasteiger partial charge on any atom is 0.309 e. The van der Waals surface area contributed by atoms with Gasteiger partial charge in [-0.2, -0.15) is 0 Å². The third kappa shape index (κ3) is 6.74. The van der Waals surface area contributed by atoms with Gasteiger partial charge in [0.05, 0.1) is 13.5 Å². The Kier molecular flexibility index (Phi) is 8.01. The van der Waals surface area contributed by atoms with Crippen LogP contribution in [0.25, 0.3) is 0 Å². The smallest absolute Gasteiger partial charge is 0.309 e. The van der Waals surface area contributed by atoms with Crippen LogP contribution in [-0.4, -0.2) is 56.6 Å². The third-order valence-corrected chi connectivity index (χ3v) is 3.48. The summed E-state index contributed by atoms with van der Waals surface area (Å²) in [5.41, 5.74) is 2.28. The van der Waals surface area contributed by atoms with Crippen LogP contribution in [0.2, 0.25) is 0 Å². The van der Waals surface area contributed by atoms with E-state index in [-0.39, 0.29) is 5.97 Å². The van der Waals surface area contributed by atoms with Crippen LogP contribution in [-0.2, 0) is 22.5 Å². The highest BCUT2D eigenvalue weighted by molar-refractivity contribution is 5.72. The molecule has 0 spiro atoms. The fraction of sp³-hybridized carbons (Fsp3) is 0.588. The van der Waals surface area contributed by atoms with Crippen LogP contribution in [0, 0.1) is 0 Å². The second kappa shape index (κ2) is 9.53. The molecule has 0 heterocycles. The molecule has 0 N–H and O–H groups in total. The van der Waals surface area contributed by atoms with Crippen molar-refractivity contribution in [3.63, 3.8) is 0 Å². The largest absolute Gasteiger partial charge is 0.469 e. The quantitative estimate of drug-likeness (QED) is 0.653. The fourth-order valence-corrected chi connectivity index (χ4v) is 2.28. The Morgan fingerprint density at radius 2 is 1.76 bits per heavy atom. The van der Waals surface area contributed by atoms with E-state index in [4.69, 9.17) is 4.74 Å². The van der Waals surface area contributed by atoms with Gasteiger partial charge in [0, 0.05) is 19.6 Å². The van der Waals surface area contributed by atoms with Crippen molar-refractivity contribution >= 4 is 5.97 Å². The predicted octanol–water partition coefficient (Wildman–Crippen LogP) is 2.18. The van der Waals surface area contributed by atoms with Crippen molar-refractivity contribution in [2.75, 3.05) is 40.8 Å². The second-order valence-corrected chi connectivity index (χ2v) is 5.60. The van der Waals surface area contributed by atoms with E-state index >= 15 is 0 Å². The normalized spacial score (nSPS) is 11.1.